The van der Waals surface area contributed by atoms with Crippen LogP contribution in [0.3, 0.4) is 0 Å². The van der Waals surface area contributed by atoms with Crippen molar-refractivity contribution in [1.29, 1.82) is 0 Å². The second-order valence-electron chi connectivity index (χ2n) is 5.41. The van der Waals surface area contributed by atoms with Crippen molar-refractivity contribution in [3.8, 4) is 11.4 Å². The summed E-state index contributed by atoms with van der Waals surface area (Å²) in [5, 5.41) is 3.98. The molecule has 0 aliphatic heterocycles. The molecule has 0 bridgehead atoms. The number of carbonyl (C=O) groups excluding carboxylic acids is 1. The summed E-state index contributed by atoms with van der Waals surface area (Å²) in [6, 6.07) is 8.09. The minimum absolute atomic E-state index is 0.159. The van der Waals surface area contributed by atoms with Gasteiger partial charge in [0.05, 0.1) is 13.5 Å². The molecule has 0 aliphatic carbocycles. The van der Waals surface area contributed by atoms with Gasteiger partial charge in [0.2, 0.25) is 11.7 Å². The Morgan fingerprint density at radius 1 is 1.24 bits per heavy atom. The van der Waals surface area contributed by atoms with E-state index in [1.54, 1.807) is 0 Å². The number of esters is 1. The van der Waals surface area contributed by atoms with Crippen LogP contribution >= 0.6 is 0 Å². The third kappa shape index (κ3) is 3.68. The van der Waals surface area contributed by atoms with Crippen molar-refractivity contribution in [2.45, 2.75) is 39.0 Å². The van der Waals surface area contributed by atoms with Gasteiger partial charge >= 0.3 is 5.97 Å². The third-order valence-corrected chi connectivity index (χ3v) is 3.40. The Kier molecular flexibility index (Phi) is 4.73. The molecule has 0 N–H and O–H groups in total. The van der Waals surface area contributed by atoms with E-state index < -0.39 is 0 Å². The summed E-state index contributed by atoms with van der Waals surface area (Å²) in [7, 11) is 1.37. The Labute approximate surface area is 124 Å². The van der Waals surface area contributed by atoms with Crippen molar-refractivity contribution in [2.75, 3.05) is 7.11 Å². The van der Waals surface area contributed by atoms with Gasteiger partial charge in [-0.3, -0.25) is 4.79 Å². The zero-order valence-electron chi connectivity index (χ0n) is 12.8. The van der Waals surface area contributed by atoms with Crippen LogP contribution in [0.15, 0.2) is 28.8 Å². The number of carbonyl (C=O) groups is 1. The van der Waals surface area contributed by atoms with Crippen LogP contribution < -0.4 is 0 Å². The number of ether oxygens (including phenoxy) is 1. The maximum atomic E-state index is 11.3. The monoisotopic (exact) mass is 288 g/mol. The van der Waals surface area contributed by atoms with Crippen LogP contribution in [0.5, 0.6) is 0 Å². The molecule has 21 heavy (non-hydrogen) atoms. The van der Waals surface area contributed by atoms with E-state index in [0.717, 1.165) is 5.56 Å². The fraction of sp³-hybridized carbons (Fsp3) is 0.438. The maximum absolute atomic E-state index is 11.3. The Balaban J connectivity index is 2.13. The number of hydrogen-bond donors (Lipinski definition) is 0. The Morgan fingerprint density at radius 3 is 2.48 bits per heavy atom. The van der Waals surface area contributed by atoms with Crippen molar-refractivity contribution in [2.24, 2.45) is 0 Å². The van der Waals surface area contributed by atoms with Gasteiger partial charge in [-0.2, -0.15) is 4.98 Å². The van der Waals surface area contributed by atoms with Crippen molar-refractivity contribution < 1.29 is 14.1 Å². The standard InChI is InChI=1S/C16H20N2O3/c1-10(2)12-5-7-13(8-6-12)15-17-16(21-18-15)11(3)9-14(19)20-4/h5-8,10-11H,9H2,1-4H3. The second kappa shape index (κ2) is 6.52. The molecule has 2 rings (SSSR count). The predicted octanol–water partition coefficient (Wildman–Crippen LogP) is 3.53. The van der Waals surface area contributed by atoms with Crippen LogP contribution in [-0.2, 0) is 9.53 Å². The summed E-state index contributed by atoms with van der Waals surface area (Å²) in [4.78, 5) is 15.6. The number of methoxy groups -OCH3 is 1. The normalized spacial score (nSPS) is 12.4. The van der Waals surface area contributed by atoms with Gasteiger partial charge < -0.3 is 9.26 Å². The summed E-state index contributed by atoms with van der Waals surface area (Å²) < 4.78 is 9.88. The molecule has 1 heterocycles. The maximum Gasteiger partial charge on any atom is 0.306 e. The molecule has 1 unspecified atom stereocenters. The van der Waals surface area contributed by atoms with Crippen molar-refractivity contribution >= 4 is 5.97 Å². The van der Waals surface area contributed by atoms with E-state index in [4.69, 9.17) is 4.52 Å². The van der Waals surface area contributed by atoms with Crippen LogP contribution in [0.4, 0.5) is 0 Å². The lowest BCUT2D eigenvalue weighted by Crippen LogP contribution is -2.06. The summed E-state index contributed by atoms with van der Waals surface area (Å²) in [6.45, 7) is 6.15. The zero-order chi connectivity index (χ0) is 15.4. The molecule has 0 spiro atoms. The Hall–Kier alpha value is -2.17. The average Bonchev–Trinajstić information content (AvgIpc) is 2.97. The molecule has 112 valence electrons. The van der Waals surface area contributed by atoms with E-state index in [9.17, 15) is 4.79 Å². The SMILES string of the molecule is COC(=O)CC(C)c1nc(-c2ccc(C(C)C)cc2)no1. The van der Waals surface area contributed by atoms with Crippen LogP contribution in [0, 0.1) is 0 Å². The molecule has 1 aromatic heterocycles. The smallest absolute Gasteiger partial charge is 0.306 e. The van der Waals surface area contributed by atoms with Crippen LogP contribution in [-0.4, -0.2) is 23.2 Å². The highest BCUT2D eigenvalue weighted by molar-refractivity contribution is 5.70. The highest BCUT2D eigenvalue weighted by Crippen LogP contribution is 2.23. The molecule has 0 amide bonds. The lowest BCUT2D eigenvalue weighted by Gasteiger charge is -2.05. The van der Waals surface area contributed by atoms with Crippen LogP contribution in [0.2, 0.25) is 0 Å². The van der Waals surface area contributed by atoms with Crippen molar-refractivity contribution in [3.05, 3.63) is 35.7 Å². The van der Waals surface area contributed by atoms with E-state index in [-0.39, 0.29) is 18.3 Å². The van der Waals surface area contributed by atoms with Gasteiger partial charge in [-0.15, -0.1) is 0 Å². The average molecular weight is 288 g/mol. The molecule has 5 nitrogen and oxygen atoms in total. The number of aromatic nitrogens is 2. The summed E-state index contributed by atoms with van der Waals surface area (Å²) >= 11 is 0. The van der Waals surface area contributed by atoms with E-state index in [1.165, 1.54) is 12.7 Å². The summed E-state index contributed by atoms with van der Waals surface area (Å²) in [6.07, 6.45) is 0.227. The molecular weight excluding hydrogens is 268 g/mol. The first-order valence-corrected chi connectivity index (χ1v) is 7.02. The minimum Gasteiger partial charge on any atom is -0.469 e. The van der Waals surface area contributed by atoms with Gasteiger partial charge in [-0.05, 0) is 11.5 Å². The highest BCUT2D eigenvalue weighted by Gasteiger charge is 2.18. The minimum atomic E-state index is -0.288. The fourth-order valence-corrected chi connectivity index (χ4v) is 1.99. The lowest BCUT2D eigenvalue weighted by atomic mass is 10.0. The van der Waals surface area contributed by atoms with E-state index in [2.05, 4.69) is 40.9 Å². The molecule has 1 atom stereocenters. The second-order valence-corrected chi connectivity index (χ2v) is 5.41. The Bertz CT molecular complexity index is 602. The van der Waals surface area contributed by atoms with Crippen molar-refractivity contribution in [1.82, 2.24) is 10.1 Å². The number of benzene rings is 1. The first-order valence-electron chi connectivity index (χ1n) is 7.02. The molecule has 0 fully saturated rings. The summed E-state index contributed by atoms with van der Waals surface area (Å²) in [5.74, 6) is 1.03. The van der Waals surface area contributed by atoms with Gasteiger partial charge in [-0.25, -0.2) is 0 Å². The number of rotatable bonds is 5. The molecule has 1 aromatic carbocycles. The topological polar surface area (TPSA) is 65.2 Å². The molecular formula is C16H20N2O3. The largest absolute Gasteiger partial charge is 0.469 e. The van der Waals surface area contributed by atoms with Gasteiger partial charge in [-0.1, -0.05) is 50.2 Å². The number of hydrogen-bond acceptors (Lipinski definition) is 5. The molecule has 5 heteroatoms. The van der Waals surface area contributed by atoms with E-state index in [1.807, 2.05) is 19.1 Å². The predicted molar refractivity (Wildman–Crippen MR) is 78.9 cm³/mol. The quantitative estimate of drug-likeness (QED) is 0.787. The first kappa shape index (κ1) is 15.2. The fourth-order valence-electron chi connectivity index (χ4n) is 1.99. The van der Waals surface area contributed by atoms with Gasteiger partial charge in [0.1, 0.15) is 0 Å². The van der Waals surface area contributed by atoms with E-state index >= 15 is 0 Å². The number of nitrogens with zero attached hydrogens (tertiary/aromatic N) is 2. The molecule has 0 saturated carbocycles. The lowest BCUT2D eigenvalue weighted by molar-refractivity contribution is -0.141. The van der Waals surface area contributed by atoms with Gasteiger partial charge in [0.25, 0.3) is 0 Å². The third-order valence-electron chi connectivity index (χ3n) is 3.40. The molecule has 0 radical (unpaired) electrons. The Morgan fingerprint density at radius 2 is 1.90 bits per heavy atom. The van der Waals surface area contributed by atoms with Crippen LogP contribution in [0.25, 0.3) is 11.4 Å². The van der Waals surface area contributed by atoms with Crippen molar-refractivity contribution in [3.63, 3.8) is 0 Å². The van der Waals surface area contributed by atoms with Gasteiger partial charge in [0.15, 0.2) is 0 Å². The molecule has 0 aliphatic rings. The van der Waals surface area contributed by atoms with Gasteiger partial charge in [0, 0.05) is 11.5 Å². The first-order chi connectivity index (χ1) is 10.0. The molecule has 2 aromatic rings. The summed E-state index contributed by atoms with van der Waals surface area (Å²) in [5.41, 5.74) is 2.17. The van der Waals surface area contributed by atoms with Crippen LogP contribution in [0.1, 0.15) is 50.5 Å². The van der Waals surface area contributed by atoms with E-state index in [0.29, 0.717) is 17.6 Å². The molecule has 0 saturated heterocycles. The zero-order valence-corrected chi connectivity index (χ0v) is 12.8. The highest BCUT2D eigenvalue weighted by atomic mass is 16.5.